The Balaban J connectivity index is 1.96. The summed E-state index contributed by atoms with van der Waals surface area (Å²) in [5.74, 6) is -0.885. The number of hydrogen-bond acceptors (Lipinski definition) is 5. The first-order valence-electron chi connectivity index (χ1n) is 10.5. The van der Waals surface area contributed by atoms with Crippen LogP contribution in [0.5, 0.6) is 0 Å². The molecule has 9 heteroatoms. The third-order valence-corrected chi connectivity index (χ3v) is 5.47. The van der Waals surface area contributed by atoms with Crippen molar-refractivity contribution in [1.29, 1.82) is 5.26 Å². The summed E-state index contributed by atoms with van der Waals surface area (Å²) in [5, 5.41) is 29.0. The van der Waals surface area contributed by atoms with Crippen LogP contribution >= 0.6 is 11.6 Å². The zero-order chi connectivity index (χ0) is 24.2. The second-order valence-corrected chi connectivity index (χ2v) is 9.15. The molecule has 0 bridgehead atoms. The minimum absolute atomic E-state index is 0.0963. The molecular weight excluding hydrogens is 442 g/mol. The van der Waals surface area contributed by atoms with Crippen molar-refractivity contribution in [3.05, 3.63) is 64.3 Å². The molecule has 1 heterocycles. The number of nitrogens with one attached hydrogen (secondary N) is 2. The molecule has 0 aliphatic rings. The monoisotopic (exact) mass is 467 g/mol. The van der Waals surface area contributed by atoms with Gasteiger partial charge >= 0.3 is 0 Å². The number of halogens is 1. The van der Waals surface area contributed by atoms with Crippen LogP contribution in [0.25, 0.3) is 10.9 Å². The highest BCUT2D eigenvalue weighted by Crippen LogP contribution is 2.28. The number of fused-ring (bicyclic) bond motifs is 1. The highest BCUT2D eigenvalue weighted by atomic mass is 35.5. The van der Waals surface area contributed by atoms with Crippen LogP contribution in [0.15, 0.2) is 42.5 Å². The van der Waals surface area contributed by atoms with Gasteiger partial charge in [0.25, 0.3) is 5.91 Å². The molecule has 2 amide bonds. The van der Waals surface area contributed by atoms with Crippen LogP contribution in [0.3, 0.4) is 0 Å². The first-order chi connectivity index (χ1) is 15.7. The summed E-state index contributed by atoms with van der Waals surface area (Å²) in [7, 11) is 0. The Hall–Kier alpha value is -3.41. The summed E-state index contributed by atoms with van der Waals surface area (Å²) in [6, 6.07) is 13.6. The number of benzene rings is 2. The molecule has 0 unspecified atom stereocenters. The molecular formula is C24H26ClN5O3. The number of aliphatic hydroxyl groups is 1. The van der Waals surface area contributed by atoms with E-state index in [0.29, 0.717) is 28.0 Å². The summed E-state index contributed by atoms with van der Waals surface area (Å²) >= 11 is 6.46. The molecule has 8 nitrogen and oxygen atoms in total. The predicted molar refractivity (Wildman–Crippen MR) is 126 cm³/mol. The van der Waals surface area contributed by atoms with E-state index in [-0.39, 0.29) is 24.8 Å². The zero-order valence-electron chi connectivity index (χ0n) is 18.7. The van der Waals surface area contributed by atoms with Crippen LogP contribution in [0.4, 0.5) is 0 Å². The third kappa shape index (κ3) is 5.51. The molecule has 3 N–H and O–H groups in total. The topological polar surface area (TPSA) is 120 Å². The van der Waals surface area contributed by atoms with E-state index < -0.39 is 17.4 Å². The van der Waals surface area contributed by atoms with E-state index in [0.717, 1.165) is 5.56 Å². The fourth-order valence-electron chi connectivity index (χ4n) is 3.49. The Morgan fingerprint density at radius 2 is 1.91 bits per heavy atom. The van der Waals surface area contributed by atoms with Crippen molar-refractivity contribution in [2.45, 2.75) is 33.4 Å². The maximum Gasteiger partial charge on any atom is 0.273 e. The SMILES string of the molecule is CC(C)(C)[C@H](NC(=O)c1nn(Cc2ccc(C#N)cc2)c2c(Cl)cccc12)C(=O)NCCO. The van der Waals surface area contributed by atoms with E-state index >= 15 is 0 Å². The number of carbonyl (C=O) groups excluding carboxylic acids is 2. The molecule has 0 saturated carbocycles. The lowest BCUT2D eigenvalue weighted by Gasteiger charge is -2.30. The molecule has 3 rings (SSSR count). The molecule has 1 atom stereocenters. The van der Waals surface area contributed by atoms with E-state index in [4.69, 9.17) is 22.0 Å². The molecule has 0 radical (unpaired) electrons. The zero-order valence-corrected chi connectivity index (χ0v) is 19.5. The van der Waals surface area contributed by atoms with Gasteiger partial charge in [-0.25, -0.2) is 0 Å². The van der Waals surface area contributed by atoms with Gasteiger partial charge in [0.2, 0.25) is 5.91 Å². The molecule has 0 aliphatic heterocycles. The van der Waals surface area contributed by atoms with Crippen molar-refractivity contribution in [2.75, 3.05) is 13.2 Å². The fraction of sp³-hybridized carbons (Fsp3) is 0.333. The second-order valence-electron chi connectivity index (χ2n) is 8.74. The van der Waals surface area contributed by atoms with Crippen molar-refractivity contribution >= 4 is 34.3 Å². The Labute approximate surface area is 197 Å². The van der Waals surface area contributed by atoms with Crippen molar-refractivity contribution in [2.24, 2.45) is 5.41 Å². The van der Waals surface area contributed by atoms with Crippen LogP contribution in [0.1, 0.15) is 42.4 Å². The average molecular weight is 468 g/mol. The summed E-state index contributed by atoms with van der Waals surface area (Å²) < 4.78 is 1.64. The van der Waals surface area contributed by atoms with Gasteiger partial charge in [-0.1, -0.05) is 56.6 Å². The number of aromatic nitrogens is 2. The summed E-state index contributed by atoms with van der Waals surface area (Å²) in [6.07, 6.45) is 0. The minimum atomic E-state index is -0.838. The normalized spacial score (nSPS) is 12.2. The summed E-state index contributed by atoms with van der Waals surface area (Å²) in [5.41, 5.74) is 1.63. The lowest BCUT2D eigenvalue weighted by atomic mass is 9.86. The molecule has 0 spiro atoms. The third-order valence-electron chi connectivity index (χ3n) is 5.17. The first-order valence-corrected chi connectivity index (χ1v) is 10.9. The second kappa shape index (κ2) is 10.0. The highest BCUT2D eigenvalue weighted by molar-refractivity contribution is 6.35. The Morgan fingerprint density at radius 1 is 1.21 bits per heavy atom. The van der Waals surface area contributed by atoms with Crippen molar-refractivity contribution in [3.8, 4) is 6.07 Å². The van der Waals surface area contributed by atoms with Gasteiger partial charge in [0, 0.05) is 11.9 Å². The maximum absolute atomic E-state index is 13.3. The molecule has 0 saturated heterocycles. The molecule has 33 heavy (non-hydrogen) atoms. The van der Waals surface area contributed by atoms with Crippen molar-refractivity contribution in [1.82, 2.24) is 20.4 Å². The Morgan fingerprint density at radius 3 is 2.52 bits per heavy atom. The smallest absolute Gasteiger partial charge is 0.273 e. The van der Waals surface area contributed by atoms with Crippen LogP contribution < -0.4 is 10.6 Å². The number of amides is 2. The van der Waals surface area contributed by atoms with Crippen LogP contribution in [-0.2, 0) is 11.3 Å². The predicted octanol–water partition coefficient (Wildman–Crippen LogP) is 2.86. The quantitative estimate of drug-likeness (QED) is 0.493. The largest absolute Gasteiger partial charge is 0.395 e. The van der Waals surface area contributed by atoms with E-state index in [9.17, 15) is 9.59 Å². The molecule has 172 valence electrons. The number of nitrogens with zero attached hydrogens (tertiary/aromatic N) is 3. The number of nitriles is 1. The number of aliphatic hydroxyl groups excluding tert-OH is 1. The van der Waals surface area contributed by atoms with Gasteiger partial charge in [0.15, 0.2) is 5.69 Å². The number of rotatable bonds is 7. The highest BCUT2D eigenvalue weighted by Gasteiger charge is 2.34. The molecule has 2 aromatic carbocycles. The fourth-order valence-corrected chi connectivity index (χ4v) is 3.76. The van der Waals surface area contributed by atoms with Gasteiger partial charge in [-0.15, -0.1) is 0 Å². The lowest BCUT2D eigenvalue weighted by Crippen LogP contribution is -2.54. The lowest BCUT2D eigenvalue weighted by molar-refractivity contribution is -0.125. The molecule has 0 aliphatic carbocycles. The Kier molecular flexibility index (Phi) is 7.36. The van der Waals surface area contributed by atoms with Gasteiger partial charge in [0.05, 0.1) is 35.3 Å². The average Bonchev–Trinajstić information content (AvgIpc) is 3.15. The van der Waals surface area contributed by atoms with Crippen molar-refractivity contribution < 1.29 is 14.7 Å². The Bertz CT molecular complexity index is 1210. The van der Waals surface area contributed by atoms with Crippen LogP contribution in [0.2, 0.25) is 5.02 Å². The minimum Gasteiger partial charge on any atom is -0.395 e. The van der Waals surface area contributed by atoms with Crippen LogP contribution in [-0.4, -0.2) is 45.9 Å². The molecule has 3 aromatic rings. The van der Waals surface area contributed by atoms with E-state index in [2.05, 4.69) is 21.8 Å². The van der Waals surface area contributed by atoms with Gasteiger partial charge in [0.1, 0.15) is 6.04 Å². The van der Waals surface area contributed by atoms with Gasteiger partial charge in [-0.05, 0) is 29.2 Å². The number of hydrogen-bond donors (Lipinski definition) is 3. The van der Waals surface area contributed by atoms with E-state index in [1.165, 1.54) is 0 Å². The number of para-hydroxylation sites is 1. The summed E-state index contributed by atoms with van der Waals surface area (Å²) in [4.78, 5) is 25.9. The molecule has 1 aromatic heterocycles. The van der Waals surface area contributed by atoms with Crippen molar-refractivity contribution in [3.63, 3.8) is 0 Å². The van der Waals surface area contributed by atoms with Gasteiger partial charge < -0.3 is 15.7 Å². The van der Waals surface area contributed by atoms with E-state index in [1.54, 1.807) is 35.0 Å². The molecule has 0 fully saturated rings. The maximum atomic E-state index is 13.3. The summed E-state index contributed by atoms with van der Waals surface area (Å²) in [6.45, 7) is 5.77. The van der Waals surface area contributed by atoms with Crippen LogP contribution in [0, 0.1) is 16.7 Å². The number of carbonyl (C=O) groups is 2. The van der Waals surface area contributed by atoms with Gasteiger partial charge in [-0.2, -0.15) is 10.4 Å². The standard InChI is InChI=1S/C24H26ClN5O3/c1-24(2,3)21(23(33)27-11-12-31)28-22(32)19-17-5-4-6-18(25)20(17)30(29-19)14-16-9-7-15(13-26)8-10-16/h4-10,21,31H,11-12,14H2,1-3H3,(H,27,33)(H,28,32)/t21-/m1/s1. The van der Waals surface area contributed by atoms with E-state index in [1.807, 2.05) is 32.9 Å². The van der Waals surface area contributed by atoms with Gasteiger partial charge in [-0.3, -0.25) is 14.3 Å². The first kappa shape index (κ1) is 24.2.